The number of carbonyl (C=O) groups excluding carboxylic acids is 1. The lowest BCUT2D eigenvalue weighted by Crippen LogP contribution is -2.41. The second-order valence-electron chi connectivity index (χ2n) is 4.25. The van der Waals surface area contributed by atoms with Crippen LogP contribution in [0.4, 0.5) is 4.79 Å². The summed E-state index contributed by atoms with van der Waals surface area (Å²) in [6, 6.07) is -0.304. The molecule has 7 heteroatoms. The molecule has 0 fully saturated rings. The van der Waals surface area contributed by atoms with Gasteiger partial charge in [-0.25, -0.2) is 4.79 Å². The van der Waals surface area contributed by atoms with Gasteiger partial charge >= 0.3 is 12.0 Å². The molecule has 0 aliphatic heterocycles. The molecule has 106 valence electrons. The lowest BCUT2D eigenvalue weighted by Gasteiger charge is -2.15. The van der Waals surface area contributed by atoms with Gasteiger partial charge in [-0.2, -0.15) is 0 Å². The summed E-state index contributed by atoms with van der Waals surface area (Å²) in [6.45, 7) is 1.67. The summed E-state index contributed by atoms with van der Waals surface area (Å²) in [6.07, 6.45) is 0.232. The number of carboxylic acids is 1. The van der Waals surface area contributed by atoms with Crippen LogP contribution in [-0.2, 0) is 9.53 Å². The highest BCUT2D eigenvalue weighted by molar-refractivity contribution is 5.74. The molecule has 0 rings (SSSR count). The molecule has 0 spiro atoms. The molecule has 0 aromatic heterocycles. The van der Waals surface area contributed by atoms with E-state index in [-0.39, 0.29) is 19.0 Å². The van der Waals surface area contributed by atoms with Crippen LogP contribution < -0.4 is 10.6 Å². The Hall–Kier alpha value is -1.34. The monoisotopic (exact) mass is 261 g/mol. The van der Waals surface area contributed by atoms with Crippen LogP contribution >= 0.6 is 0 Å². The summed E-state index contributed by atoms with van der Waals surface area (Å²) in [4.78, 5) is 23.9. The van der Waals surface area contributed by atoms with Crippen molar-refractivity contribution >= 4 is 12.0 Å². The van der Waals surface area contributed by atoms with Crippen LogP contribution in [0.15, 0.2) is 0 Å². The van der Waals surface area contributed by atoms with Gasteiger partial charge in [-0.3, -0.25) is 4.79 Å². The van der Waals surface area contributed by atoms with Gasteiger partial charge in [-0.1, -0.05) is 0 Å². The summed E-state index contributed by atoms with van der Waals surface area (Å²) in [7, 11) is 5.36. The van der Waals surface area contributed by atoms with Gasteiger partial charge in [0.05, 0.1) is 12.5 Å². The molecular weight excluding hydrogens is 238 g/mol. The first-order chi connectivity index (χ1) is 8.45. The Labute approximate surface area is 107 Å². The Morgan fingerprint density at radius 2 is 2.00 bits per heavy atom. The number of urea groups is 1. The molecular formula is C11H23N3O4. The minimum absolute atomic E-state index is 0.128. The molecule has 0 aliphatic carbocycles. The number of rotatable bonds is 9. The largest absolute Gasteiger partial charge is 0.481 e. The van der Waals surface area contributed by atoms with Gasteiger partial charge in [0.1, 0.15) is 0 Å². The number of nitrogens with one attached hydrogen (secondary N) is 2. The third-order valence-electron chi connectivity index (χ3n) is 2.29. The molecule has 1 atom stereocenters. The van der Waals surface area contributed by atoms with Crippen LogP contribution in [-0.4, -0.2) is 69.0 Å². The SMILES string of the molecule is COC(CNC(=O)NCCCN(C)C)CC(=O)O. The van der Waals surface area contributed by atoms with Gasteiger partial charge in [0, 0.05) is 20.2 Å². The lowest BCUT2D eigenvalue weighted by atomic mass is 10.2. The van der Waals surface area contributed by atoms with Crippen LogP contribution in [0.5, 0.6) is 0 Å². The molecule has 3 N–H and O–H groups in total. The van der Waals surface area contributed by atoms with Gasteiger partial charge in [-0.15, -0.1) is 0 Å². The molecule has 0 aromatic rings. The van der Waals surface area contributed by atoms with Crippen LogP contribution in [0.2, 0.25) is 0 Å². The van der Waals surface area contributed by atoms with Crippen molar-refractivity contribution in [1.29, 1.82) is 0 Å². The lowest BCUT2D eigenvalue weighted by molar-refractivity contribution is -0.139. The van der Waals surface area contributed by atoms with E-state index in [1.165, 1.54) is 7.11 Å². The zero-order valence-corrected chi connectivity index (χ0v) is 11.2. The number of carboxylic acid groups (broad SMARTS) is 1. The molecule has 1 unspecified atom stereocenters. The average molecular weight is 261 g/mol. The van der Waals surface area contributed by atoms with Crippen molar-refractivity contribution in [1.82, 2.24) is 15.5 Å². The van der Waals surface area contributed by atoms with Crippen molar-refractivity contribution in [3.05, 3.63) is 0 Å². The topological polar surface area (TPSA) is 90.9 Å². The maximum Gasteiger partial charge on any atom is 0.314 e. The van der Waals surface area contributed by atoms with Crippen molar-refractivity contribution in [2.24, 2.45) is 0 Å². The van der Waals surface area contributed by atoms with Gasteiger partial charge in [0.2, 0.25) is 0 Å². The van der Waals surface area contributed by atoms with Crippen LogP contribution in [0, 0.1) is 0 Å². The van der Waals surface area contributed by atoms with E-state index in [1.54, 1.807) is 0 Å². The number of methoxy groups -OCH3 is 1. The van der Waals surface area contributed by atoms with E-state index in [0.717, 1.165) is 13.0 Å². The third kappa shape index (κ3) is 9.86. The highest BCUT2D eigenvalue weighted by atomic mass is 16.5. The van der Waals surface area contributed by atoms with Gasteiger partial charge in [-0.05, 0) is 27.1 Å². The number of nitrogens with zero attached hydrogens (tertiary/aromatic N) is 1. The fraction of sp³-hybridized carbons (Fsp3) is 0.818. The normalized spacial score (nSPS) is 12.2. The second kappa shape index (κ2) is 9.67. The van der Waals surface area contributed by atoms with E-state index < -0.39 is 12.1 Å². The predicted octanol–water partition coefficient (Wildman–Crippen LogP) is -0.273. The molecule has 0 radical (unpaired) electrons. The molecule has 7 nitrogen and oxygen atoms in total. The molecule has 18 heavy (non-hydrogen) atoms. The fourth-order valence-electron chi connectivity index (χ4n) is 1.30. The zero-order chi connectivity index (χ0) is 14.0. The summed E-state index contributed by atoms with van der Waals surface area (Å²) in [5, 5.41) is 13.9. The smallest absolute Gasteiger partial charge is 0.314 e. The molecule has 0 saturated heterocycles. The summed E-state index contributed by atoms with van der Waals surface area (Å²) >= 11 is 0. The van der Waals surface area contributed by atoms with Crippen molar-refractivity contribution in [2.75, 3.05) is 40.8 Å². The van der Waals surface area contributed by atoms with Crippen molar-refractivity contribution in [3.8, 4) is 0 Å². The number of aliphatic carboxylic acids is 1. The third-order valence-corrected chi connectivity index (χ3v) is 2.29. The molecule has 0 aliphatic rings. The minimum atomic E-state index is -0.949. The van der Waals surface area contributed by atoms with E-state index in [9.17, 15) is 9.59 Å². The van der Waals surface area contributed by atoms with Gasteiger partial charge in [0.15, 0.2) is 0 Å². The molecule has 0 aromatic carbocycles. The second-order valence-corrected chi connectivity index (χ2v) is 4.25. The predicted molar refractivity (Wildman–Crippen MR) is 67.6 cm³/mol. The zero-order valence-electron chi connectivity index (χ0n) is 11.2. The van der Waals surface area contributed by atoms with Crippen molar-refractivity contribution < 1.29 is 19.4 Å². The Bertz CT molecular complexity index is 259. The van der Waals surface area contributed by atoms with Crippen molar-refractivity contribution in [2.45, 2.75) is 18.9 Å². The summed E-state index contributed by atoms with van der Waals surface area (Å²) < 4.78 is 4.94. The van der Waals surface area contributed by atoms with Gasteiger partial charge in [0.25, 0.3) is 0 Å². The van der Waals surface area contributed by atoms with E-state index in [0.29, 0.717) is 6.54 Å². The quantitative estimate of drug-likeness (QED) is 0.497. The van der Waals surface area contributed by atoms with Crippen molar-refractivity contribution in [3.63, 3.8) is 0 Å². The minimum Gasteiger partial charge on any atom is -0.481 e. The van der Waals surface area contributed by atoms with E-state index in [1.807, 2.05) is 19.0 Å². The standard InChI is InChI=1S/C11H23N3O4/c1-14(2)6-4-5-12-11(17)13-8-9(18-3)7-10(15)16/h9H,4-8H2,1-3H3,(H,15,16)(H2,12,13,17). The van der Waals surface area contributed by atoms with E-state index in [4.69, 9.17) is 9.84 Å². The first-order valence-electron chi connectivity index (χ1n) is 5.86. The van der Waals surface area contributed by atoms with Gasteiger partial charge < -0.3 is 25.4 Å². The molecule has 0 saturated carbocycles. The summed E-state index contributed by atoms with van der Waals surface area (Å²) in [5.74, 6) is -0.949. The molecule has 0 heterocycles. The first kappa shape index (κ1) is 16.7. The number of hydrogen-bond donors (Lipinski definition) is 3. The maximum atomic E-state index is 11.4. The highest BCUT2D eigenvalue weighted by Gasteiger charge is 2.13. The highest BCUT2D eigenvalue weighted by Crippen LogP contribution is 1.95. The Balaban J connectivity index is 3.64. The number of carbonyl (C=O) groups is 2. The van der Waals surface area contributed by atoms with Crippen LogP contribution in [0.25, 0.3) is 0 Å². The average Bonchev–Trinajstić information content (AvgIpc) is 2.29. The number of amides is 2. The molecule has 0 bridgehead atoms. The first-order valence-corrected chi connectivity index (χ1v) is 5.86. The number of hydrogen-bond acceptors (Lipinski definition) is 4. The molecule has 2 amide bonds. The van der Waals surface area contributed by atoms with Crippen LogP contribution in [0.3, 0.4) is 0 Å². The Kier molecular flexibility index (Phi) is 8.95. The van der Waals surface area contributed by atoms with Crippen LogP contribution in [0.1, 0.15) is 12.8 Å². The van der Waals surface area contributed by atoms with E-state index >= 15 is 0 Å². The van der Waals surface area contributed by atoms with E-state index in [2.05, 4.69) is 10.6 Å². The Morgan fingerprint density at radius 1 is 1.33 bits per heavy atom. The number of ether oxygens (including phenoxy) is 1. The fourth-order valence-corrected chi connectivity index (χ4v) is 1.30. The maximum absolute atomic E-state index is 11.4. The summed E-state index contributed by atoms with van der Waals surface area (Å²) in [5.41, 5.74) is 0. The Morgan fingerprint density at radius 3 is 2.50 bits per heavy atom.